The van der Waals surface area contributed by atoms with Crippen molar-refractivity contribution in [1.29, 1.82) is 0 Å². The van der Waals surface area contributed by atoms with Gasteiger partial charge in [-0.25, -0.2) is 8.42 Å². The van der Waals surface area contributed by atoms with Gasteiger partial charge in [-0.1, -0.05) is 12.6 Å². The zero-order valence-electron chi connectivity index (χ0n) is 9.26. The van der Waals surface area contributed by atoms with Crippen molar-refractivity contribution in [3.05, 3.63) is 36.4 Å². The summed E-state index contributed by atoms with van der Waals surface area (Å²) in [5.74, 6) is 0.343. The minimum Gasteiger partial charge on any atom is -0.744 e. The summed E-state index contributed by atoms with van der Waals surface area (Å²) < 4.78 is 37.3. The predicted molar refractivity (Wildman–Crippen MR) is 54.7 cm³/mol. The Labute approximate surface area is 107 Å². The predicted octanol–water partition coefficient (Wildman–Crippen LogP) is -1.45. The standard InChI is InChI=1S/C10H12O4S.Li/c1-8(2)7-14-9-4-3-5-10(6-9)15(11,12)13;/h3-6H,1,7H2,2H3,(H,11,12,13);/q;+1/p-1. The van der Waals surface area contributed by atoms with Crippen molar-refractivity contribution in [3.8, 4) is 5.75 Å². The summed E-state index contributed by atoms with van der Waals surface area (Å²) in [6.07, 6.45) is 0. The van der Waals surface area contributed by atoms with Gasteiger partial charge in [-0.15, -0.1) is 0 Å². The molecule has 0 saturated carbocycles. The van der Waals surface area contributed by atoms with Gasteiger partial charge < -0.3 is 9.29 Å². The number of rotatable bonds is 4. The van der Waals surface area contributed by atoms with Crippen LogP contribution >= 0.6 is 0 Å². The van der Waals surface area contributed by atoms with Crippen molar-refractivity contribution in [2.45, 2.75) is 11.8 Å². The number of hydrogen-bond acceptors (Lipinski definition) is 4. The molecule has 1 aromatic carbocycles. The van der Waals surface area contributed by atoms with E-state index in [-0.39, 0.29) is 23.8 Å². The topological polar surface area (TPSA) is 66.4 Å². The van der Waals surface area contributed by atoms with Gasteiger partial charge in [0, 0.05) is 0 Å². The number of ether oxygens (including phenoxy) is 1. The second-order valence-electron chi connectivity index (χ2n) is 3.17. The molecule has 6 heteroatoms. The summed E-state index contributed by atoms with van der Waals surface area (Å²) in [4.78, 5) is -0.290. The summed E-state index contributed by atoms with van der Waals surface area (Å²) in [5.41, 5.74) is 0.811. The molecule has 0 fully saturated rings. The summed E-state index contributed by atoms with van der Waals surface area (Å²) in [6.45, 7) is 5.72. The molecular formula is C10H11LiO4S. The molecule has 0 saturated heterocycles. The van der Waals surface area contributed by atoms with E-state index in [0.29, 0.717) is 12.4 Å². The molecular weight excluding hydrogens is 223 g/mol. The van der Waals surface area contributed by atoms with E-state index in [9.17, 15) is 13.0 Å². The largest absolute Gasteiger partial charge is 1.00 e. The first-order valence-corrected chi connectivity index (χ1v) is 5.63. The number of benzene rings is 1. The Morgan fingerprint density at radius 3 is 2.62 bits per heavy atom. The van der Waals surface area contributed by atoms with Crippen LogP contribution in [0.15, 0.2) is 41.3 Å². The second kappa shape index (κ2) is 6.11. The number of hydrogen-bond donors (Lipinski definition) is 0. The monoisotopic (exact) mass is 234 g/mol. The molecule has 0 spiro atoms. The van der Waals surface area contributed by atoms with E-state index in [1.165, 1.54) is 18.2 Å². The summed E-state index contributed by atoms with van der Waals surface area (Å²) >= 11 is 0. The Morgan fingerprint density at radius 2 is 2.12 bits per heavy atom. The molecule has 0 bridgehead atoms. The SMILES string of the molecule is C=C(C)COc1cccc(S(=O)(=O)[O-])c1.[Li+]. The van der Waals surface area contributed by atoms with Crippen molar-refractivity contribution >= 4 is 10.1 Å². The fraction of sp³-hybridized carbons (Fsp3) is 0.200. The zero-order chi connectivity index (χ0) is 11.5. The maximum Gasteiger partial charge on any atom is 1.00 e. The van der Waals surface area contributed by atoms with Crippen LogP contribution in [0.25, 0.3) is 0 Å². The van der Waals surface area contributed by atoms with Crippen molar-refractivity contribution in [2.75, 3.05) is 6.61 Å². The molecule has 0 heterocycles. The van der Waals surface area contributed by atoms with Gasteiger partial charge in [-0.3, -0.25) is 0 Å². The minimum atomic E-state index is -4.42. The van der Waals surface area contributed by atoms with E-state index in [2.05, 4.69) is 6.58 Å². The molecule has 82 valence electrons. The first-order chi connectivity index (χ1) is 6.89. The molecule has 4 nitrogen and oxygen atoms in total. The van der Waals surface area contributed by atoms with Gasteiger partial charge in [0.1, 0.15) is 22.5 Å². The molecule has 0 aromatic heterocycles. The molecule has 0 radical (unpaired) electrons. The van der Waals surface area contributed by atoms with E-state index in [4.69, 9.17) is 4.74 Å². The second-order valence-corrected chi connectivity index (χ2v) is 4.55. The molecule has 0 aliphatic carbocycles. The van der Waals surface area contributed by atoms with Crippen LogP contribution in [0.2, 0.25) is 0 Å². The average Bonchev–Trinajstić information content (AvgIpc) is 2.14. The van der Waals surface area contributed by atoms with Crippen LogP contribution in [0.5, 0.6) is 5.75 Å². The van der Waals surface area contributed by atoms with Crippen LogP contribution in [0.4, 0.5) is 0 Å². The summed E-state index contributed by atoms with van der Waals surface area (Å²) in [7, 11) is -4.42. The van der Waals surface area contributed by atoms with Crippen LogP contribution < -0.4 is 23.6 Å². The first kappa shape index (κ1) is 15.3. The van der Waals surface area contributed by atoms with Gasteiger partial charge in [0.15, 0.2) is 0 Å². The average molecular weight is 234 g/mol. The molecule has 0 amide bonds. The molecule has 0 N–H and O–H groups in total. The van der Waals surface area contributed by atoms with Gasteiger partial charge in [-0.2, -0.15) is 0 Å². The molecule has 1 rings (SSSR count). The molecule has 0 unspecified atom stereocenters. The normalized spacial score (nSPS) is 10.4. The molecule has 1 aromatic rings. The van der Waals surface area contributed by atoms with Gasteiger partial charge in [0.25, 0.3) is 0 Å². The zero-order valence-corrected chi connectivity index (χ0v) is 10.1. The van der Waals surface area contributed by atoms with E-state index in [1.54, 1.807) is 13.0 Å². The molecule has 0 aliphatic rings. The third kappa shape index (κ3) is 4.86. The fourth-order valence-electron chi connectivity index (χ4n) is 0.926. The maximum atomic E-state index is 10.7. The van der Waals surface area contributed by atoms with Gasteiger partial charge >= 0.3 is 18.9 Å². The van der Waals surface area contributed by atoms with E-state index in [1.807, 2.05) is 0 Å². The molecule has 16 heavy (non-hydrogen) atoms. The van der Waals surface area contributed by atoms with E-state index in [0.717, 1.165) is 5.57 Å². The Kier molecular flexibility index (Phi) is 5.83. The Balaban J connectivity index is 0.00000225. The summed E-state index contributed by atoms with van der Waals surface area (Å²) in [5, 5.41) is 0. The van der Waals surface area contributed by atoms with Crippen LogP contribution in [-0.2, 0) is 10.1 Å². The van der Waals surface area contributed by atoms with Crippen LogP contribution in [0, 0.1) is 0 Å². The minimum absolute atomic E-state index is 0. The van der Waals surface area contributed by atoms with E-state index < -0.39 is 10.1 Å². The molecule has 0 aliphatic heterocycles. The van der Waals surface area contributed by atoms with Gasteiger partial charge in [0.2, 0.25) is 0 Å². The quantitative estimate of drug-likeness (QED) is 0.363. The Bertz CT molecular complexity index is 467. The Morgan fingerprint density at radius 1 is 1.50 bits per heavy atom. The van der Waals surface area contributed by atoms with Gasteiger partial charge in [0.05, 0.1) is 4.90 Å². The Hall–Kier alpha value is -0.733. The summed E-state index contributed by atoms with van der Waals surface area (Å²) in [6, 6.07) is 5.47. The fourth-order valence-corrected chi connectivity index (χ4v) is 1.43. The van der Waals surface area contributed by atoms with Crippen LogP contribution in [0.1, 0.15) is 6.92 Å². The molecule has 0 atom stereocenters. The third-order valence-corrected chi connectivity index (χ3v) is 2.41. The van der Waals surface area contributed by atoms with Crippen molar-refractivity contribution in [2.24, 2.45) is 0 Å². The third-order valence-electron chi connectivity index (χ3n) is 1.58. The van der Waals surface area contributed by atoms with Crippen LogP contribution in [0.3, 0.4) is 0 Å². The smallest absolute Gasteiger partial charge is 0.744 e. The first-order valence-electron chi connectivity index (χ1n) is 4.23. The van der Waals surface area contributed by atoms with Crippen molar-refractivity contribution in [3.63, 3.8) is 0 Å². The van der Waals surface area contributed by atoms with Gasteiger partial charge in [-0.05, 0) is 30.7 Å². The van der Waals surface area contributed by atoms with Crippen molar-refractivity contribution in [1.82, 2.24) is 0 Å². The van der Waals surface area contributed by atoms with E-state index >= 15 is 0 Å². The van der Waals surface area contributed by atoms with Crippen molar-refractivity contribution < 1.29 is 36.6 Å². The maximum absolute atomic E-state index is 10.7. The van der Waals surface area contributed by atoms with Crippen LogP contribution in [-0.4, -0.2) is 19.6 Å².